The fourth-order valence-corrected chi connectivity index (χ4v) is 9.67. The van der Waals surface area contributed by atoms with Crippen LogP contribution in [0.5, 0.6) is 0 Å². The Morgan fingerprint density at radius 2 is 0.500 bits per heavy atom. The molecule has 8 nitrogen and oxygen atoms in total. The number of hydrogen-bond acceptors (Lipinski definition) is 6. The highest BCUT2D eigenvalue weighted by Gasteiger charge is 2.24. The van der Waals surface area contributed by atoms with Gasteiger partial charge >= 0.3 is 0 Å². The minimum absolute atomic E-state index is 0.552. The third-order valence-corrected chi connectivity index (χ3v) is 12.7. The summed E-state index contributed by atoms with van der Waals surface area (Å²) in [6.45, 7) is 0. The van der Waals surface area contributed by atoms with Crippen LogP contribution in [0.3, 0.4) is 0 Å². The molecule has 0 unspecified atom stereocenters. The molecule has 13 rings (SSSR count). The van der Waals surface area contributed by atoms with E-state index >= 15 is 0 Å². The average molecular weight is 871 g/mol. The van der Waals surface area contributed by atoms with E-state index in [1.165, 1.54) is 0 Å². The molecule has 0 atom stereocenters. The first kappa shape index (κ1) is 39.0. The van der Waals surface area contributed by atoms with Gasteiger partial charge < -0.3 is 0 Å². The molecule has 8 heteroatoms. The molecular weight excluding hydrogens is 833 g/mol. The van der Waals surface area contributed by atoms with Crippen LogP contribution in [-0.4, -0.2) is 39.0 Å². The van der Waals surface area contributed by atoms with E-state index < -0.39 is 0 Å². The summed E-state index contributed by atoms with van der Waals surface area (Å²) in [5.41, 5.74) is 12.1. The lowest BCUT2D eigenvalue weighted by atomic mass is 9.90. The van der Waals surface area contributed by atoms with Gasteiger partial charge in [0.15, 0.2) is 23.3 Å². The van der Waals surface area contributed by atoms with Crippen LogP contribution in [0.4, 0.5) is 0 Å². The zero-order chi connectivity index (χ0) is 45.0. The number of fused-ring (bicyclic) bond motifs is 6. The summed E-state index contributed by atoms with van der Waals surface area (Å²) in [6.07, 6.45) is 0. The Morgan fingerprint density at radius 3 is 0.853 bits per heavy atom. The fourth-order valence-electron chi connectivity index (χ4n) is 9.67. The van der Waals surface area contributed by atoms with E-state index in [0.717, 1.165) is 88.1 Å². The van der Waals surface area contributed by atoms with E-state index in [1.54, 1.807) is 0 Å². The van der Waals surface area contributed by atoms with Gasteiger partial charge in [-0.1, -0.05) is 206 Å². The Balaban J connectivity index is 1.03. The predicted molar refractivity (Wildman–Crippen MR) is 275 cm³/mol. The Hall–Kier alpha value is -9.40. The number of hydrogen-bond donors (Lipinski definition) is 0. The first-order valence-corrected chi connectivity index (χ1v) is 22.6. The molecule has 9 aromatic carbocycles. The molecule has 13 aromatic rings. The van der Waals surface area contributed by atoms with Crippen molar-refractivity contribution in [1.82, 2.24) is 39.0 Å². The monoisotopic (exact) mass is 870 g/mol. The summed E-state index contributed by atoms with van der Waals surface area (Å²) in [5, 5.41) is 4.42. The zero-order valence-corrected chi connectivity index (χ0v) is 36.5. The van der Waals surface area contributed by atoms with Crippen molar-refractivity contribution in [2.45, 2.75) is 0 Å². The number of aromatic nitrogens is 8. The normalized spacial score (nSPS) is 11.5. The largest absolute Gasteiger partial charge is 0.278 e. The molecule has 318 valence electrons. The maximum atomic E-state index is 5.20. The molecule has 0 fully saturated rings. The molecule has 0 spiro atoms. The van der Waals surface area contributed by atoms with Crippen molar-refractivity contribution in [3.05, 3.63) is 231 Å². The Bertz CT molecular complexity index is 3640. The maximum absolute atomic E-state index is 5.20. The maximum Gasteiger partial charge on any atom is 0.238 e. The number of rotatable bonds is 8. The van der Waals surface area contributed by atoms with Gasteiger partial charge in [-0.3, -0.25) is 9.13 Å². The summed E-state index contributed by atoms with van der Waals surface area (Å²) in [4.78, 5) is 30.8. The van der Waals surface area contributed by atoms with E-state index in [4.69, 9.17) is 29.9 Å². The molecule has 68 heavy (non-hydrogen) atoms. The third-order valence-electron chi connectivity index (χ3n) is 12.7. The summed E-state index contributed by atoms with van der Waals surface area (Å²) < 4.78 is 4.38. The summed E-state index contributed by atoms with van der Waals surface area (Å²) >= 11 is 0. The molecule has 0 bridgehead atoms. The van der Waals surface area contributed by atoms with Crippen LogP contribution in [-0.2, 0) is 0 Å². The van der Waals surface area contributed by atoms with Crippen molar-refractivity contribution >= 4 is 43.6 Å². The van der Waals surface area contributed by atoms with Crippen LogP contribution in [0.25, 0.3) is 123 Å². The third kappa shape index (κ3) is 6.54. The van der Waals surface area contributed by atoms with Crippen molar-refractivity contribution in [1.29, 1.82) is 0 Å². The van der Waals surface area contributed by atoms with Crippen LogP contribution in [0.15, 0.2) is 231 Å². The Kier molecular flexibility index (Phi) is 9.31. The average Bonchev–Trinajstić information content (AvgIpc) is 3.95. The summed E-state index contributed by atoms with van der Waals surface area (Å²) in [7, 11) is 0. The molecule has 0 saturated carbocycles. The first-order valence-electron chi connectivity index (χ1n) is 22.6. The summed E-state index contributed by atoms with van der Waals surface area (Å²) in [5.74, 6) is 3.54. The van der Waals surface area contributed by atoms with Crippen LogP contribution >= 0.6 is 0 Å². The van der Waals surface area contributed by atoms with Gasteiger partial charge in [-0.2, -0.15) is 19.9 Å². The number of para-hydroxylation sites is 2. The Morgan fingerprint density at radius 1 is 0.221 bits per heavy atom. The van der Waals surface area contributed by atoms with Gasteiger partial charge in [0.05, 0.1) is 22.1 Å². The van der Waals surface area contributed by atoms with Gasteiger partial charge in [-0.25, -0.2) is 9.97 Å². The van der Waals surface area contributed by atoms with Gasteiger partial charge in [0.1, 0.15) is 0 Å². The van der Waals surface area contributed by atoms with Gasteiger partial charge in [-0.05, 0) is 46.5 Å². The molecule has 0 amide bonds. The van der Waals surface area contributed by atoms with E-state index in [-0.39, 0.29) is 0 Å². The smallest absolute Gasteiger partial charge is 0.238 e. The lowest BCUT2D eigenvalue weighted by Gasteiger charge is -2.14. The van der Waals surface area contributed by atoms with Crippen LogP contribution in [0.1, 0.15) is 0 Å². The van der Waals surface area contributed by atoms with E-state index in [0.29, 0.717) is 35.2 Å². The molecule has 0 aliphatic heterocycles. The van der Waals surface area contributed by atoms with Crippen molar-refractivity contribution in [2.75, 3.05) is 0 Å². The quantitative estimate of drug-likeness (QED) is 0.151. The molecule has 0 aliphatic carbocycles. The van der Waals surface area contributed by atoms with Crippen molar-refractivity contribution in [3.8, 4) is 79.7 Å². The standard InChI is InChI=1S/C60H38N8/c1-5-21-39(22-6-1)55-61-56(40-23-7-2-8-24-40)64-59(63-55)67-49-35-17-15-31-47(49)53-45(33-19-37-51(53)67)43-29-13-14-30-44(43)46-34-20-38-52-54(46)48-32-16-18-36-50(48)68(52)60-65-57(41-25-9-3-10-26-41)62-58(66-60)42-27-11-4-12-28-42/h1-38H. The lowest BCUT2D eigenvalue weighted by Crippen LogP contribution is -2.06. The molecule has 0 aliphatic rings. The minimum Gasteiger partial charge on any atom is -0.278 e. The van der Waals surface area contributed by atoms with E-state index in [1.807, 2.05) is 121 Å². The predicted octanol–water partition coefficient (Wildman–Crippen LogP) is 14.3. The topological polar surface area (TPSA) is 87.2 Å². The summed E-state index contributed by atoms with van der Waals surface area (Å²) in [6, 6.07) is 79.4. The van der Waals surface area contributed by atoms with Gasteiger partial charge in [-0.15, -0.1) is 0 Å². The highest BCUT2D eigenvalue weighted by molar-refractivity contribution is 6.19. The van der Waals surface area contributed by atoms with E-state index in [9.17, 15) is 0 Å². The highest BCUT2D eigenvalue weighted by atomic mass is 15.2. The van der Waals surface area contributed by atoms with Crippen molar-refractivity contribution in [2.24, 2.45) is 0 Å². The second-order valence-electron chi connectivity index (χ2n) is 16.7. The highest BCUT2D eigenvalue weighted by Crippen LogP contribution is 2.45. The number of benzene rings is 9. The molecule has 0 saturated heterocycles. The van der Waals surface area contributed by atoms with Crippen molar-refractivity contribution < 1.29 is 0 Å². The minimum atomic E-state index is 0.552. The lowest BCUT2D eigenvalue weighted by molar-refractivity contribution is 0.953. The van der Waals surface area contributed by atoms with Crippen LogP contribution in [0.2, 0.25) is 0 Å². The molecule has 4 heterocycles. The van der Waals surface area contributed by atoms with Crippen molar-refractivity contribution in [3.63, 3.8) is 0 Å². The number of nitrogens with zero attached hydrogens (tertiary/aromatic N) is 8. The van der Waals surface area contributed by atoms with Crippen LogP contribution in [0, 0.1) is 0 Å². The molecule has 4 aromatic heterocycles. The zero-order valence-electron chi connectivity index (χ0n) is 36.5. The Labute approximate surface area is 391 Å². The molecule has 0 N–H and O–H groups in total. The molecule has 0 radical (unpaired) electrons. The second kappa shape index (κ2) is 16.2. The van der Waals surface area contributed by atoms with Gasteiger partial charge in [0, 0.05) is 43.8 Å². The molecular formula is C60H38N8. The van der Waals surface area contributed by atoms with Gasteiger partial charge in [0.25, 0.3) is 0 Å². The fraction of sp³-hybridized carbons (Fsp3) is 0. The van der Waals surface area contributed by atoms with E-state index in [2.05, 4.69) is 118 Å². The second-order valence-corrected chi connectivity index (χ2v) is 16.7. The SMILES string of the molecule is c1ccc(-c2nc(-c3ccccc3)nc(-n3c4ccccc4c4c(-c5ccccc5-c5cccc6c5c5ccccc5n6-c5nc(-c6ccccc6)nc(-c6ccccc6)n5)cccc43)n2)cc1. The van der Waals surface area contributed by atoms with Crippen LogP contribution < -0.4 is 0 Å². The first-order chi connectivity index (χ1) is 33.7. The van der Waals surface area contributed by atoms with Gasteiger partial charge in [0.2, 0.25) is 11.9 Å².